The molecule has 0 saturated carbocycles. The third kappa shape index (κ3) is 13.4. The van der Waals surface area contributed by atoms with E-state index in [0.29, 0.717) is 25.8 Å². The Kier molecular flexibility index (Phi) is 16.4. The van der Waals surface area contributed by atoms with Crippen molar-refractivity contribution < 1.29 is 67.6 Å². The Bertz CT molecular complexity index is 2060. The summed E-state index contributed by atoms with van der Waals surface area (Å²) in [4.78, 5) is 38.7. The molecule has 3 fully saturated rings. The number of hydrogen-bond acceptors (Lipinski definition) is 15. The van der Waals surface area contributed by atoms with Gasteiger partial charge in [-0.05, 0) is 89.6 Å². The number of alkyl carbamates (subject to hydrolysis) is 3. The van der Waals surface area contributed by atoms with Gasteiger partial charge in [0.05, 0.1) is 18.2 Å². The molecule has 18 heteroatoms. The van der Waals surface area contributed by atoms with Gasteiger partial charge in [0.25, 0.3) is 0 Å². The number of amides is 3. The Hall–Kier alpha value is -4.89. The van der Waals surface area contributed by atoms with E-state index >= 15 is 0 Å². The highest BCUT2D eigenvalue weighted by Gasteiger charge is 2.49. The van der Waals surface area contributed by atoms with E-state index in [1.165, 1.54) is 0 Å². The smallest absolute Gasteiger partial charge is 0.408 e. The van der Waals surface area contributed by atoms with E-state index in [4.69, 9.17) is 37.9 Å². The van der Waals surface area contributed by atoms with Crippen LogP contribution in [0.4, 0.5) is 14.4 Å². The molecule has 3 aromatic rings. The van der Waals surface area contributed by atoms with Crippen molar-refractivity contribution >= 4 is 18.3 Å². The topological polar surface area (TPSA) is 234 Å². The number of unbranched alkanes of at least 4 members (excludes halogenated alkanes) is 1. The van der Waals surface area contributed by atoms with Crippen LogP contribution >= 0.6 is 0 Å². The van der Waals surface area contributed by atoms with Crippen molar-refractivity contribution in [2.45, 2.75) is 152 Å². The van der Waals surface area contributed by atoms with Crippen LogP contribution in [0, 0.1) is 0 Å². The number of rotatable bonds is 17. The first-order valence-electron chi connectivity index (χ1n) is 23.1. The van der Waals surface area contributed by atoms with Crippen molar-refractivity contribution in [3.05, 3.63) is 95.6 Å². The van der Waals surface area contributed by atoms with Crippen LogP contribution in [0.3, 0.4) is 0 Å². The molecule has 1 aliphatic carbocycles. The summed E-state index contributed by atoms with van der Waals surface area (Å²) in [5.41, 5.74) is 3.73. The summed E-state index contributed by atoms with van der Waals surface area (Å²) < 4.78 is 47.1. The molecule has 7 rings (SSSR count). The molecule has 67 heavy (non-hydrogen) atoms. The fourth-order valence-corrected chi connectivity index (χ4v) is 8.64. The van der Waals surface area contributed by atoms with Gasteiger partial charge in [0.1, 0.15) is 42.2 Å². The first-order valence-corrected chi connectivity index (χ1v) is 23.1. The fraction of sp³-hybridized carbons (Fsp3) is 0.571. The molecule has 0 radical (unpaired) electrons. The van der Waals surface area contributed by atoms with Crippen LogP contribution in [0.25, 0.3) is 11.1 Å². The van der Waals surface area contributed by atoms with E-state index < -0.39 is 97.2 Å². The Morgan fingerprint density at radius 3 is 2.00 bits per heavy atom. The average molecular weight is 935 g/mol. The SMILES string of the molecule is CC(C)(C)OC(=O)NCC1O[C@H](OC2C[C@H](O)O[C@@H]2CNCCCCC(NC(=O)OCC2c3ccccc3-c3ccccc32)C2OC(c3ccccc3)O2)C(NC(=O)OC(C)(C)C)C(O)[C@@H]1O. The number of benzene rings is 3. The molecule has 3 heterocycles. The number of hydrogen-bond donors (Lipinski definition) is 7. The molecule has 3 saturated heterocycles. The molecule has 4 aliphatic rings. The number of carbonyl (C=O) groups is 3. The van der Waals surface area contributed by atoms with Gasteiger partial charge in [-0.2, -0.15) is 0 Å². The lowest BCUT2D eigenvalue weighted by Crippen LogP contribution is -2.66. The van der Waals surface area contributed by atoms with E-state index in [1.54, 1.807) is 41.5 Å². The van der Waals surface area contributed by atoms with Crippen LogP contribution in [0.1, 0.15) is 96.1 Å². The molecule has 3 aliphatic heterocycles. The normalized spacial score (nSPS) is 27.5. The third-order valence-electron chi connectivity index (χ3n) is 11.7. The zero-order valence-corrected chi connectivity index (χ0v) is 38.9. The maximum Gasteiger partial charge on any atom is 0.408 e. The molecular weight excluding hydrogens is 869 g/mol. The molecule has 3 amide bonds. The predicted octanol–water partition coefficient (Wildman–Crippen LogP) is 5.08. The second-order valence-corrected chi connectivity index (χ2v) is 19.3. The summed E-state index contributed by atoms with van der Waals surface area (Å²) in [5.74, 6) is -0.0914. The molecule has 366 valence electrons. The number of fused-ring (bicyclic) bond motifs is 3. The second kappa shape index (κ2) is 22.0. The summed E-state index contributed by atoms with van der Waals surface area (Å²) in [5, 5.41) is 44.3. The van der Waals surface area contributed by atoms with Gasteiger partial charge >= 0.3 is 18.3 Å². The molecule has 18 nitrogen and oxygen atoms in total. The number of ether oxygens (including phenoxy) is 8. The van der Waals surface area contributed by atoms with Gasteiger partial charge in [-0.25, -0.2) is 14.4 Å². The van der Waals surface area contributed by atoms with Crippen molar-refractivity contribution in [2.24, 2.45) is 0 Å². The van der Waals surface area contributed by atoms with Crippen LogP contribution in [-0.4, -0.2) is 133 Å². The molecule has 7 N–H and O–H groups in total. The van der Waals surface area contributed by atoms with Gasteiger partial charge in [0, 0.05) is 31.0 Å². The lowest BCUT2D eigenvalue weighted by Gasteiger charge is -2.43. The number of carbonyl (C=O) groups excluding carboxylic acids is 3. The highest BCUT2D eigenvalue weighted by atomic mass is 16.9. The summed E-state index contributed by atoms with van der Waals surface area (Å²) >= 11 is 0. The van der Waals surface area contributed by atoms with E-state index in [9.17, 15) is 29.7 Å². The molecule has 3 aromatic carbocycles. The number of aliphatic hydroxyl groups excluding tert-OH is 3. The Morgan fingerprint density at radius 2 is 1.34 bits per heavy atom. The van der Waals surface area contributed by atoms with Gasteiger partial charge in [-0.1, -0.05) is 78.9 Å². The van der Waals surface area contributed by atoms with Gasteiger partial charge < -0.3 is 74.5 Å². The largest absolute Gasteiger partial charge is 0.449 e. The van der Waals surface area contributed by atoms with Crippen molar-refractivity contribution in [1.29, 1.82) is 0 Å². The van der Waals surface area contributed by atoms with E-state index in [-0.39, 0.29) is 32.0 Å². The van der Waals surface area contributed by atoms with Crippen LogP contribution in [-0.2, 0) is 37.9 Å². The van der Waals surface area contributed by atoms with Gasteiger partial charge in [0.15, 0.2) is 25.2 Å². The van der Waals surface area contributed by atoms with Crippen molar-refractivity contribution in [3.8, 4) is 11.1 Å². The standard InChI is InChI=1S/C49H66N4O14/c1-48(2,3)66-45(57)51-26-37-40(55)41(56)39(53-47(59)67-49(4,5)6)44(63-37)62-35-24-38(54)61-36(35)25-50-23-15-14-22-34(43-64-42(65-43)28-16-8-7-9-17-28)52-46(58)60-27-33-31-20-12-10-18-29(31)30-19-11-13-21-32(30)33/h7-13,16-21,33-44,50,54-56H,14-15,22-27H2,1-6H3,(H,51,57)(H,52,58)(H,53,59)/t34?,35?,36-,37?,38-,39?,40-,41?,42?,43?,44+/m1/s1. The Labute approximate surface area is 391 Å². The minimum Gasteiger partial charge on any atom is -0.449 e. The van der Waals surface area contributed by atoms with E-state index in [0.717, 1.165) is 27.8 Å². The van der Waals surface area contributed by atoms with Gasteiger partial charge in [0.2, 0.25) is 0 Å². The average Bonchev–Trinajstić information content (AvgIpc) is 3.77. The summed E-state index contributed by atoms with van der Waals surface area (Å²) in [7, 11) is 0. The Morgan fingerprint density at radius 1 is 0.716 bits per heavy atom. The maximum absolute atomic E-state index is 13.4. The lowest BCUT2D eigenvalue weighted by molar-refractivity contribution is -0.397. The van der Waals surface area contributed by atoms with E-state index in [2.05, 4.69) is 45.5 Å². The monoisotopic (exact) mass is 934 g/mol. The van der Waals surface area contributed by atoms with E-state index in [1.807, 2.05) is 54.6 Å². The quantitative estimate of drug-likeness (QED) is 0.0691. The first-order chi connectivity index (χ1) is 31.9. The Balaban J connectivity index is 0.923. The van der Waals surface area contributed by atoms with Gasteiger partial charge in [-0.15, -0.1) is 0 Å². The van der Waals surface area contributed by atoms with Crippen molar-refractivity contribution in [1.82, 2.24) is 21.3 Å². The summed E-state index contributed by atoms with van der Waals surface area (Å²) in [6.07, 6.45) is -9.87. The number of nitrogens with one attached hydrogen (secondary N) is 4. The highest BCUT2D eigenvalue weighted by molar-refractivity contribution is 5.79. The van der Waals surface area contributed by atoms with Crippen molar-refractivity contribution in [2.75, 3.05) is 26.2 Å². The molecular formula is C49H66N4O14. The van der Waals surface area contributed by atoms with Crippen LogP contribution in [0.5, 0.6) is 0 Å². The molecule has 9 atom stereocenters. The van der Waals surface area contributed by atoms with Crippen LogP contribution < -0.4 is 21.3 Å². The highest BCUT2D eigenvalue weighted by Crippen LogP contribution is 2.44. The second-order valence-electron chi connectivity index (χ2n) is 19.3. The third-order valence-corrected chi connectivity index (χ3v) is 11.7. The summed E-state index contributed by atoms with van der Waals surface area (Å²) in [6.45, 7) is 10.8. The first kappa shape index (κ1) is 50.0. The molecule has 0 spiro atoms. The molecule has 0 bridgehead atoms. The zero-order valence-electron chi connectivity index (χ0n) is 38.9. The number of aliphatic hydroxyl groups is 3. The zero-order chi connectivity index (χ0) is 47.9. The molecule has 5 unspecified atom stereocenters. The van der Waals surface area contributed by atoms with Gasteiger partial charge in [-0.3, -0.25) is 0 Å². The maximum atomic E-state index is 13.4. The molecule has 0 aromatic heterocycles. The lowest BCUT2D eigenvalue weighted by atomic mass is 9.96. The van der Waals surface area contributed by atoms with Crippen LogP contribution in [0.2, 0.25) is 0 Å². The summed E-state index contributed by atoms with van der Waals surface area (Å²) in [6, 6.07) is 24.1. The van der Waals surface area contributed by atoms with Crippen molar-refractivity contribution in [3.63, 3.8) is 0 Å². The minimum atomic E-state index is -1.61. The van der Waals surface area contributed by atoms with Crippen LogP contribution in [0.15, 0.2) is 78.9 Å². The minimum absolute atomic E-state index is 0.0411. The fourth-order valence-electron chi connectivity index (χ4n) is 8.64. The predicted molar refractivity (Wildman–Crippen MR) is 242 cm³/mol.